The maximum Gasteiger partial charge on any atom is 0.323 e. The van der Waals surface area contributed by atoms with Gasteiger partial charge in [-0.2, -0.15) is 0 Å². The van der Waals surface area contributed by atoms with Crippen molar-refractivity contribution in [3.8, 4) is 0 Å². The SMILES string of the molecule is O=C(NC=C1CCCC1)Nc1ccc2ccccc2c1. The molecule has 2 aromatic carbocycles. The lowest BCUT2D eigenvalue weighted by atomic mass is 10.1. The fraction of sp³-hybridized carbons (Fsp3) is 0.235. The van der Waals surface area contributed by atoms with Crippen molar-refractivity contribution >= 4 is 22.5 Å². The van der Waals surface area contributed by atoms with Gasteiger partial charge in [-0.25, -0.2) is 4.79 Å². The Morgan fingerprint density at radius 3 is 2.55 bits per heavy atom. The number of anilines is 1. The number of amides is 2. The highest BCUT2D eigenvalue weighted by atomic mass is 16.2. The van der Waals surface area contributed by atoms with Crippen molar-refractivity contribution in [3.05, 3.63) is 54.2 Å². The van der Waals surface area contributed by atoms with E-state index in [-0.39, 0.29) is 6.03 Å². The van der Waals surface area contributed by atoms with Gasteiger partial charge in [0.15, 0.2) is 0 Å². The molecule has 0 heterocycles. The third kappa shape index (κ3) is 2.99. The normalized spacial score (nSPS) is 14.3. The van der Waals surface area contributed by atoms with Gasteiger partial charge in [0.05, 0.1) is 0 Å². The van der Waals surface area contributed by atoms with Crippen LogP contribution in [0.3, 0.4) is 0 Å². The highest BCUT2D eigenvalue weighted by molar-refractivity contribution is 5.93. The maximum absolute atomic E-state index is 11.8. The van der Waals surface area contributed by atoms with Gasteiger partial charge in [-0.05, 0) is 48.6 Å². The topological polar surface area (TPSA) is 41.1 Å². The average Bonchev–Trinajstić information content (AvgIpc) is 2.98. The number of carbonyl (C=O) groups excluding carboxylic acids is 1. The lowest BCUT2D eigenvalue weighted by Crippen LogP contribution is -2.24. The first-order valence-electron chi connectivity index (χ1n) is 7.05. The third-order valence-corrected chi connectivity index (χ3v) is 3.66. The zero-order chi connectivity index (χ0) is 13.8. The summed E-state index contributed by atoms with van der Waals surface area (Å²) in [7, 11) is 0. The summed E-state index contributed by atoms with van der Waals surface area (Å²) >= 11 is 0. The largest absolute Gasteiger partial charge is 0.323 e. The van der Waals surface area contributed by atoms with Gasteiger partial charge in [0.1, 0.15) is 0 Å². The van der Waals surface area contributed by atoms with Crippen LogP contribution in [0.5, 0.6) is 0 Å². The fourth-order valence-electron chi connectivity index (χ4n) is 2.58. The molecular weight excluding hydrogens is 248 g/mol. The molecule has 1 aliphatic rings. The predicted octanol–water partition coefficient (Wildman–Crippen LogP) is 4.42. The molecule has 0 aliphatic heterocycles. The number of carbonyl (C=O) groups is 1. The molecule has 2 amide bonds. The van der Waals surface area contributed by atoms with Crippen LogP contribution in [0.2, 0.25) is 0 Å². The summed E-state index contributed by atoms with van der Waals surface area (Å²) in [6.45, 7) is 0. The predicted molar refractivity (Wildman–Crippen MR) is 82.7 cm³/mol. The Bertz CT molecular complexity index is 653. The van der Waals surface area contributed by atoms with Crippen LogP contribution in [0.1, 0.15) is 25.7 Å². The van der Waals surface area contributed by atoms with Gasteiger partial charge in [-0.15, -0.1) is 0 Å². The minimum absolute atomic E-state index is 0.181. The fourth-order valence-corrected chi connectivity index (χ4v) is 2.58. The molecule has 1 aliphatic carbocycles. The molecule has 0 unspecified atom stereocenters. The molecule has 0 atom stereocenters. The van der Waals surface area contributed by atoms with E-state index in [2.05, 4.69) is 16.7 Å². The highest BCUT2D eigenvalue weighted by Gasteiger charge is 2.07. The summed E-state index contributed by atoms with van der Waals surface area (Å²) in [4.78, 5) is 11.8. The van der Waals surface area contributed by atoms with E-state index in [0.29, 0.717) is 0 Å². The van der Waals surface area contributed by atoms with Crippen LogP contribution in [-0.2, 0) is 0 Å². The van der Waals surface area contributed by atoms with Gasteiger partial charge in [0.2, 0.25) is 0 Å². The summed E-state index contributed by atoms with van der Waals surface area (Å²) < 4.78 is 0. The number of rotatable bonds is 2. The van der Waals surface area contributed by atoms with Gasteiger partial charge >= 0.3 is 6.03 Å². The van der Waals surface area contributed by atoms with Crippen LogP contribution < -0.4 is 10.6 Å². The Hall–Kier alpha value is -2.29. The quantitative estimate of drug-likeness (QED) is 0.830. The first kappa shape index (κ1) is 12.7. The lowest BCUT2D eigenvalue weighted by molar-refractivity contribution is 0.255. The number of fused-ring (bicyclic) bond motifs is 1. The summed E-state index contributed by atoms with van der Waals surface area (Å²) in [6, 6.07) is 13.8. The molecule has 0 radical (unpaired) electrons. The molecule has 20 heavy (non-hydrogen) atoms. The Morgan fingerprint density at radius 2 is 1.75 bits per heavy atom. The van der Waals surface area contributed by atoms with Crippen LogP contribution >= 0.6 is 0 Å². The summed E-state index contributed by atoms with van der Waals surface area (Å²) in [5, 5.41) is 7.97. The molecule has 0 saturated heterocycles. The summed E-state index contributed by atoms with van der Waals surface area (Å²) in [6.07, 6.45) is 6.54. The Balaban J connectivity index is 1.66. The van der Waals surface area contributed by atoms with Crippen LogP contribution in [0, 0.1) is 0 Å². The number of allylic oxidation sites excluding steroid dienone is 1. The van der Waals surface area contributed by atoms with Crippen LogP contribution in [0.15, 0.2) is 54.2 Å². The smallest absolute Gasteiger partial charge is 0.314 e. The van der Waals surface area contributed by atoms with Crippen molar-refractivity contribution in [2.24, 2.45) is 0 Å². The molecule has 3 heteroatoms. The van der Waals surface area contributed by atoms with E-state index in [4.69, 9.17) is 0 Å². The van der Waals surface area contributed by atoms with E-state index in [1.807, 2.05) is 42.6 Å². The number of urea groups is 1. The summed E-state index contributed by atoms with van der Waals surface area (Å²) in [5.41, 5.74) is 2.14. The first-order valence-corrected chi connectivity index (χ1v) is 7.05. The van der Waals surface area contributed by atoms with E-state index < -0.39 is 0 Å². The van der Waals surface area contributed by atoms with Gasteiger partial charge < -0.3 is 10.6 Å². The molecule has 3 nitrogen and oxygen atoms in total. The molecule has 2 aromatic rings. The van der Waals surface area contributed by atoms with Crippen LogP contribution in [0.25, 0.3) is 10.8 Å². The first-order chi connectivity index (χ1) is 9.81. The van der Waals surface area contributed by atoms with Crippen molar-refractivity contribution in [1.82, 2.24) is 5.32 Å². The van der Waals surface area contributed by atoms with E-state index in [9.17, 15) is 4.79 Å². The minimum atomic E-state index is -0.181. The second-order valence-corrected chi connectivity index (χ2v) is 5.17. The molecular formula is C17H18N2O. The second-order valence-electron chi connectivity index (χ2n) is 5.17. The van der Waals surface area contributed by atoms with Gasteiger partial charge in [0.25, 0.3) is 0 Å². The van der Waals surface area contributed by atoms with Crippen molar-refractivity contribution in [3.63, 3.8) is 0 Å². The van der Waals surface area contributed by atoms with Crippen LogP contribution in [0.4, 0.5) is 10.5 Å². The highest BCUT2D eigenvalue weighted by Crippen LogP contribution is 2.22. The van der Waals surface area contributed by atoms with Gasteiger partial charge in [-0.1, -0.05) is 35.9 Å². The lowest BCUT2D eigenvalue weighted by Gasteiger charge is -2.06. The average molecular weight is 266 g/mol. The molecule has 0 aromatic heterocycles. The Morgan fingerprint density at radius 1 is 1.00 bits per heavy atom. The summed E-state index contributed by atoms with van der Waals surface area (Å²) in [5.74, 6) is 0. The number of hydrogen-bond donors (Lipinski definition) is 2. The Labute approximate surface area is 118 Å². The second kappa shape index (κ2) is 5.78. The van der Waals surface area contributed by atoms with E-state index in [0.717, 1.165) is 23.9 Å². The van der Waals surface area contributed by atoms with Crippen LogP contribution in [-0.4, -0.2) is 6.03 Å². The van der Waals surface area contributed by atoms with Crippen molar-refractivity contribution < 1.29 is 4.79 Å². The number of hydrogen-bond acceptors (Lipinski definition) is 1. The number of nitrogens with one attached hydrogen (secondary N) is 2. The number of benzene rings is 2. The third-order valence-electron chi connectivity index (χ3n) is 3.66. The van der Waals surface area contributed by atoms with E-state index in [1.54, 1.807) is 0 Å². The van der Waals surface area contributed by atoms with Gasteiger partial charge in [-0.3, -0.25) is 0 Å². The minimum Gasteiger partial charge on any atom is -0.314 e. The molecule has 1 saturated carbocycles. The zero-order valence-corrected chi connectivity index (χ0v) is 11.4. The van der Waals surface area contributed by atoms with E-state index in [1.165, 1.54) is 23.8 Å². The van der Waals surface area contributed by atoms with Crippen molar-refractivity contribution in [2.75, 3.05) is 5.32 Å². The standard InChI is InChI=1S/C17H18N2O/c20-17(18-12-13-5-1-2-6-13)19-16-10-9-14-7-3-4-8-15(14)11-16/h3-4,7-12H,1-2,5-6H2,(H2,18,19,20). The zero-order valence-electron chi connectivity index (χ0n) is 11.4. The molecule has 2 N–H and O–H groups in total. The van der Waals surface area contributed by atoms with Gasteiger partial charge in [0, 0.05) is 11.9 Å². The van der Waals surface area contributed by atoms with Crippen molar-refractivity contribution in [2.45, 2.75) is 25.7 Å². The molecule has 1 fully saturated rings. The maximum atomic E-state index is 11.8. The monoisotopic (exact) mass is 266 g/mol. The van der Waals surface area contributed by atoms with Crippen molar-refractivity contribution in [1.29, 1.82) is 0 Å². The molecule has 0 bridgehead atoms. The Kier molecular flexibility index (Phi) is 3.68. The van der Waals surface area contributed by atoms with E-state index >= 15 is 0 Å². The molecule has 3 rings (SSSR count). The molecule has 0 spiro atoms. The molecule has 102 valence electrons.